The fourth-order valence-corrected chi connectivity index (χ4v) is 4.33. The second kappa shape index (κ2) is 10.5. The highest BCUT2D eigenvalue weighted by atomic mass is 15.1. The van der Waals surface area contributed by atoms with Gasteiger partial charge in [0.1, 0.15) is 0 Å². The van der Waals surface area contributed by atoms with Gasteiger partial charge in [-0.2, -0.15) is 0 Å². The van der Waals surface area contributed by atoms with E-state index in [0.29, 0.717) is 0 Å². The monoisotopic (exact) mass is 442 g/mol. The van der Waals surface area contributed by atoms with Crippen LogP contribution in [0, 0.1) is 0 Å². The van der Waals surface area contributed by atoms with Gasteiger partial charge in [-0.15, -0.1) is 0 Å². The average molecular weight is 443 g/mol. The SMILES string of the molecule is C=C/C=C(\C=C)N(c1ccccc1)c1ccc2c(c1)c1ccccc1n2-c1ccccc1.CC. The molecule has 5 aromatic rings. The van der Waals surface area contributed by atoms with E-state index in [1.54, 1.807) is 6.08 Å². The molecule has 0 bridgehead atoms. The summed E-state index contributed by atoms with van der Waals surface area (Å²) in [5, 5.41) is 2.44. The summed E-state index contributed by atoms with van der Waals surface area (Å²) < 4.78 is 2.33. The first kappa shape index (κ1) is 22.9. The normalized spacial score (nSPS) is 11.1. The van der Waals surface area contributed by atoms with E-state index < -0.39 is 0 Å². The molecule has 0 saturated carbocycles. The zero-order valence-corrected chi connectivity index (χ0v) is 19.9. The quantitative estimate of drug-likeness (QED) is 0.238. The average Bonchev–Trinajstić information content (AvgIpc) is 3.24. The van der Waals surface area contributed by atoms with Crippen molar-refractivity contribution in [1.82, 2.24) is 4.57 Å². The zero-order chi connectivity index (χ0) is 23.9. The zero-order valence-electron chi connectivity index (χ0n) is 19.9. The number of benzene rings is 4. The number of anilines is 2. The molecule has 1 aromatic heterocycles. The summed E-state index contributed by atoms with van der Waals surface area (Å²) in [4.78, 5) is 2.21. The van der Waals surface area contributed by atoms with Crippen LogP contribution in [0.4, 0.5) is 11.4 Å². The second-order valence-corrected chi connectivity index (χ2v) is 7.59. The van der Waals surface area contributed by atoms with Crippen LogP contribution in [0.3, 0.4) is 0 Å². The van der Waals surface area contributed by atoms with E-state index in [2.05, 4.69) is 120 Å². The third-order valence-corrected chi connectivity index (χ3v) is 5.70. The Morgan fingerprint density at radius 1 is 0.676 bits per heavy atom. The minimum atomic E-state index is 0.970. The molecular weight excluding hydrogens is 412 g/mol. The molecule has 34 heavy (non-hydrogen) atoms. The van der Waals surface area contributed by atoms with E-state index in [4.69, 9.17) is 0 Å². The number of allylic oxidation sites excluding steroid dienone is 3. The van der Waals surface area contributed by atoms with Crippen molar-refractivity contribution in [3.8, 4) is 5.69 Å². The molecule has 0 aliphatic carbocycles. The lowest BCUT2D eigenvalue weighted by Gasteiger charge is -2.26. The highest BCUT2D eigenvalue weighted by Gasteiger charge is 2.16. The maximum Gasteiger partial charge on any atom is 0.0542 e. The van der Waals surface area contributed by atoms with Gasteiger partial charge in [0.25, 0.3) is 0 Å². The topological polar surface area (TPSA) is 8.17 Å². The van der Waals surface area contributed by atoms with Crippen LogP contribution in [0.5, 0.6) is 0 Å². The van der Waals surface area contributed by atoms with Crippen LogP contribution in [-0.2, 0) is 0 Å². The smallest absolute Gasteiger partial charge is 0.0542 e. The predicted octanol–water partition coefficient (Wildman–Crippen LogP) is 9.20. The van der Waals surface area contributed by atoms with Gasteiger partial charge in [-0.25, -0.2) is 0 Å². The van der Waals surface area contributed by atoms with E-state index in [-0.39, 0.29) is 0 Å². The summed E-state index contributed by atoms with van der Waals surface area (Å²) in [5.41, 5.74) is 6.66. The molecule has 0 aliphatic heterocycles. The van der Waals surface area contributed by atoms with Crippen molar-refractivity contribution >= 4 is 33.2 Å². The third-order valence-electron chi connectivity index (χ3n) is 5.70. The van der Waals surface area contributed by atoms with Crippen LogP contribution in [0.15, 0.2) is 140 Å². The molecule has 0 fully saturated rings. The summed E-state index contributed by atoms with van der Waals surface area (Å²) in [6.45, 7) is 11.9. The summed E-state index contributed by atoms with van der Waals surface area (Å²) in [6.07, 6.45) is 5.65. The predicted molar refractivity (Wildman–Crippen MR) is 149 cm³/mol. The molecular formula is C32H30N2. The Morgan fingerprint density at radius 2 is 1.29 bits per heavy atom. The number of aromatic nitrogens is 1. The van der Waals surface area contributed by atoms with Gasteiger partial charge in [0.05, 0.1) is 11.0 Å². The van der Waals surface area contributed by atoms with Crippen molar-refractivity contribution in [3.63, 3.8) is 0 Å². The number of rotatable bonds is 6. The van der Waals surface area contributed by atoms with E-state index in [1.165, 1.54) is 21.8 Å². The fourth-order valence-electron chi connectivity index (χ4n) is 4.33. The van der Waals surface area contributed by atoms with Crippen molar-refractivity contribution in [2.24, 2.45) is 0 Å². The Hall–Kier alpha value is -4.30. The van der Waals surface area contributed by atoms with Crippen LogP contribution in [-0.4, -0.2) is 4.57 Å². The van der Waals surface area contributed by atoms with Gasteiger partial charge in [0.2, 0.25) is 0 Å². The largest absolute Gasteiger partial charge is 0.311 e. The standard InChI is InChI=1S/C30H24N2.C2H6/c1-3-13-23(4-2)31(24-14-7-5-8-15-24)26-20-21-30-28(22-26)27-18-11-12-19-29(27)32(30)25-16-9-6-10-17-25;1-2/h3-22H,1-2H2;1-2H3/b23-13+;. The van der Waals surface area contributed by atoms with Gasteiger partial charge in [-0.3, -0.25) is 0 Å². The van der Waals surface area contributed by atoms with Crippen LogP contribution in [0.2, 0.25) is 0 Å². The minimum Gasteiger partial charge on any atom is -0.311 e. The van der Waals surface area contributed by atoms with E-state index in [1.807, 2.05) is 32.1 Å². The summed E-state index contributed by atoms with van der Waals surface area (Å²) in [7, 11) is 0. The van der Waals surface area contributed by atoms with E-state index >= 15 is 0 Å². The molecule has 0 radical (unpaired) electrons. The Bertz CT molecular complexity index is 1440. The molecule has 1 heterocycles. The first-order valence-electron chi connectivity index (χ1n) is 11.7. The van der Waals surface area contributed by atoms with Crippen LogP contribution in [0.25, 0.3) is 27.5 Å². The van der Waals surface area contributed by atoms with Crippen molar-refractivity contribution in [2.75, 3.05) is 4.90 Å². The Labute approximate surface area is 202 Å². The molecule has 0 amide bonds. The molecule has 0 saturated heterocycles. The maximum atomic E-state index is 4.05. The maximum absolute atomic E-state index is 4.05. The van der Waals surface area contributed by atoms with Crippen molar-refractivity contribution < 1.29 is 0 Å². The van der Waals surface area contributed by atoms with Crippen LogP contribution >= 0.6 is 0 Å². The molecule has 2 nitrogen and oxygen atoms in total. The van der Waals surface area contributed by atoms with E-state index in [0.717, 1.165) is 22.8 Å². The Kier molecular flexibility index (Phi) is 7.10. The fraction of sp³-hybridized carbons (Fsp3) is 0.0625. The molecule has 0 unspecified atom stereocenters. The second-order valence-electron chi connectivity index (χ2n) is 7.59. The summed E-state index contributed by atoms with van der Waals surface area (Å²) >= 11 is 0. The molecule has 0 atom stereocenters. The summed E-state index contributed by atoms with van der Waals surface area (Å²) in [6, 6.07) is 36.1. The highest BCUT2D eigenvalue weighted by Crippen LogP contribution is 2.37. The van der Waals surface area contributed by atoms with E-state index in [9.17, 15) is 0 Å². The lowest BCUT2D eigenvalue weighted by Crippen LogP contribution is -2.14. The lowest BCUT2D eigenvalue weighted by molar-refractivity contribution is 1.18. The molecule has 168 valence electrons. The molecule has 0 aliphatic rings. The van der Waals surface area contributed by atoms with Gasteiger partial charge in [-0.1, -0.05) is 87.7 Å². The number of para-hydroxylation sites is 3. The third kappa shape index (κ3) is 4.18. The number of hydrogen-bond acceptors (Lipinski definition) is 1. The van der Waals surface area contributed by atoms with Gasteiger partial charge in [-0.05, 0) is 60.7 Å². The summed E-state index contributed by atoms with van der Waals surface area (Å²) in [5.74, 6) is 0. The first-order valence-corrected chi connectivity index (χ1v) is 11.7. The van der Waals surface area contributed by atoms with Crippen molar-refractivity contribution in [2.45, 2.75) is 13.8 Å². The molecule has 0 N–H and O–H groups in total. The van der Waals surface area contributed by atoms with Crippen molar-refractivity contribution in [3.05, 3.63) is 140 Å². The molecule has 5 rings (SSSR count). The molecule has 0 spiro atoms. The molecule has 2 heteroatoms. The Balaban J connectivity index is 0.00000133. The van der Waals surface area contributed by atoms with Gasteiger partial charge < -0.3 is 9.47 Å². The number of nitrogens with zero attached hydrogens (tertiary/aromatic N) is 2. The van der Waals surface area contributed by atoms with Gasteiger partial charge in [0, 0.05) is 33.5 Å². The van der Waals surface area contributed by atoms with Crippen molar-refractivity contribution in [1.29, 1.82) is 0 Å². The van der Waals surface area contributed by atoms with Gasteiger partial charge in [0.15, 0.2) is 0 Å². The minimum absolute atomic E-state index is 0.970. The number of hydrogen-bond donors (Lipinski definition) is 0. The highest BCUT2D eigenvalue weighted by molar-refractivity contribution is 6.10. The molecule has 4 aromatic carbocycles. The lowest BCUT2D eigenvalue weighted by atomic mass is 10.1. The van der Waals surface area contributed by atoms with Crippen LogP contribution < -0.4 is 4.90 Å². The van der Waals surface area contributed by atoms with Gasteiger partial charge >= 0.3 is 0 Å². The first-order chi connectivity index (χ1) is 16.8. The Morgan fingerprint density at radius 3 is 1.97 bits per heavy atom. The van der Waals surface area contributed by atoms with Crippen LogP contribution in [0.1, 0.15) is 13.8 Å². The number of fused-ring (bicyclic) bond motifs is 3.